The quantitative estimate of drug-likeness (QED) is 0.819. The van der Waals surface area contributed by atoms with E-state index in [4.69, 9.17) is 0 Å². The summed E-state index contributed by atoms with van der Waals surface area (Å²) in [6.07, 6.45) is 5.97. The highest BCUT2D eigenvalue weighted by atomic mass is 16.3. The Kier molecular flexibility index (Phi) is 3.91. The smallest absolute Gasteiger partial charge is 0.0693 e. The van der Waals surface area contributed by atoms with Crippen molar-refractivity contribution in [1.29, 1.82) is 0 Å². The van der Waals surface area contributed by atoms with Crippen molar-refractivity contribution in [1.82, 2.24) is 10.3 Å². The number of pyridine rings is 1. The van der Waals surface area contributed by atoms with Gasteiger partial charge >= 0.3 is 0 Å². The minimum atomic E-state index is -0.195. The monoisotopic (exact) mass is 220 g/mol. The lowest BCUT2D eigenvalue weighted by atomic mass is 9.92. The van der Waals surface area contributed by atoms with Crippen molar-refractivity contribution in [2.45, 2.75) is 50.8 Å². The molecule has 2 N–H and O–H groups in total. The molecule has 1 fully saturated rings. The molecule has 16 heavy (non-hydrogen) atoms. The van der Waals surface area contributed by atoms with Crippen LogP contribution in [0.3, 0.4) is 0 Å². The van der Waals surface area contributed by atoms with Gasteiger partial charge in [-0.05, 0) is 31.9 Å². The molecule has 0 spiro atoms. The van der Waals surface area contributed by atoms with Crippen LogP contribution in [-0.2, 0) is 0 Å². The van der Waals surface area contributed by atoms with E-state index in [0.717, 1.165) is 25.0 Å². The molecule has 3 unspecified atom stereocenters. The Labute approximate surface area is 96.9 Å². The van der Waals surface area contributed by atoms with Crippen LogP contribution < -0.4 is 5.32 Å². The minimum absolute atomic E-state index is 0.195. The summed E-state index contributed by atoms with van der Waals surface area (Å²) in [7, 11) is 0. The lowest BCUT2D eigenvalue weighted by Gasteiger charge is -2.30. The third-order valence-electron chi connectivity index (χ3n) is 3.32. The van der Waals surface area contributed by atoms with Gasteiger partial charge in [-0.2, -0.15) is 0 Å². The lowest BCUT2D eigenvalue weighted by molar-refractivity contribution is 0.0857. The van der Waals surface area contributed by atoms with Crippen LogP contribution in [0, 0.1) is 0 Å². The maximum Gasteiger partial charge on any atom is 0.0693 e. The van der Waals surface area contributed by atoms with Gasteiger partial charge in [0.05, 0.1) is 11.8 Å². The Balaban J connectivity index is 1.94. The van der Waals surface area contributed by atoms with Gasteiger partial charge in [0.2, 0.25) is 0 Å². The molecule has 0 aromatic carbocycles. The van der Waals surface area contributed by atoms with Gasteiger partial charge in [-0.15, -0.1) is 0 Å². The predicted molar refractivity (Wildman–Crippen MR) is 64.1 cm³/mol. The molecule has 3 nitrogen and oxygen atoms in total. The molecule has 1 saturated carbocycles. The first kappa shape index (κ1) is 11.6. The van der Waals surface area contributed by atoms with Crippen molar-refractivity contribution in [3.8, 4) is 0 Å². The Morgan fingerprint density at radius 2 is 2.19 bits per heavy atom. The molecule has 1 heterocycles. The van der Waals surface area contributed by atoms with Crippen LogP contribution in [-0.4, -0.2) is 22.2 Å². The van der Waals surface area contributed by atoms with Crippen molar-refractivity contribution in [2.75, 3.05) is 0 Å². The molecule has 1 aromatic heterocycles. The van der Waals surface area contributed by atoms with E-state index in [-0.39, 0.29) is 18.2 Å². The van der Waals surface area contributed by atoms with Crippen LogP contribution in [0.4, 0.5) is 0 Å². The first-order valence-electron chi connectivity index (χ1n) is 6.12. The number of aliphatic hydroxyl groups excluding tert-OH is 1. The third kappa shape index (κ3) is 2.80. The van der Waals surface area contributed by atoms with Crippen molar-refractivity contribution in [2.24, 2.45) is 0 Å². The van der Waals surface area contributed by atoms with Gasteiger partial charge in [0, 0.05) is 18.3 Å². The average molecular weight is 220 g/mol. The number of rotatable bonds is 3. The highest BCUT2D eigenvalue weighted by Gasteiger charge is 2.24. The summed E-state index contributed by atoms with van der Waals surface area (Å²) < 4.78 is 0. The summed E-state index contributed by atoms with van der Waals surface area (Å²) in [5.41, 5.74) is 1.04. The molecule has 3 atom stereocenters. The zero-order valence-electron chi connectivity index (χ0n) is 9.76. The van der Waals surface area contributed by atoms with E-state index in [9.17, 15) is 5.11 Å². The maximum atomic E-state index is 9.88. The van der Waals surface area contributed by atoms with E-state index in [2.05, 4.69) is 17.2 Å². The van der Waals surface area contributed by atoms with E-state index >= 15 is 0 Å². The van der Waals surface area contributed by atoms with Crippen LogP contribution in [0.1, 0.15) is 44.3 Å². The molecular formula is C13H20N2O. The van der Waals surface area contributed by atoms with E-state index in [0.29, 0.717) is 0 Å². The van der Waals surface area contributed by atoms with E-state index in [1.807, 2.05) is 24.4 Å². The number of hydrogen-bond acceptors (Lipinski definition) is 3. The number of nitrogens with one attached hydrogen (secondary N) is 1. The topological polar surface area (TPSA) is 45.1 Å². The van der Waals surface area contributed by atoms with Crippen LogP contribution in [0.5, 0.6) is 0 Å². The molecule has 0 saturated heterocycles. The zero-order valence-corrected chi connectivity index (χ0v) is 9.76. The molecule has 3 heteroatoms. The lowest BCUT2D eigenvalue weighted by Crippen LogP contribution is -2.43. The third-order valence-corrected chi connectivity index (χ3v) is 3.32. The van der Waals surface area contributed by atoms with Crippen LogP contribution >= 0.6 is 0 Å². The van der Waals surface area contributed by atoms with Crippen molar-refractivity contribution < 1.29 is 5.11 Å². The molecule has 88 valence electrons. The Bertz CT molecular complexity index is 315. The number of aromatic nitrogens is 1. The Morgan fingerprint density at radius 3 is 2.88 bits per heavy atom. The molecule has 0 amide bonds. The Morgan fingerprint density at radius 1 is 1.38 bits per heavy atom. The molecule has 1 aromatic rings. The van der Waals surface area contributed by atoms with Crippen molar-refractivity contribution in [3.63, 3.8) is 0 Å². The molecular weight excluding hydrogens is 200 g/mol. The molecule has 2 rings (SSSR count). The van der Waals surface area contributed by atoms with E-state index < -0.39 is 0 Å². The summed E-state index contributed by atoms with van der Waals surface area (Å²) in [4.78, 5) is 4.33. The minimum Gasteiger partial charge on any atom is -0.392 e. The summed E-state index contributed by atoms with van der Waals surface area (Å²) in [6.45, 7) is 2.10. The summed E-state index contributed by atoms with van der Waals surface area (Å²) in [5, 5.41) is 13.4. The highest BCUT2D eigenvalue weighted by molar-refractivity contribution is 5.08. The van der Waals surface area contributed by atoms with Crippen LogP contribution in [0.2, 0.25) is 0 Å². The molecule has 1 aliphatic rings. The second-order valence-corrected chi connectivity index (χ2v) is 4.60. The van der Waals surface area contributed by atoms with Crippen molar-refractivity contribution >= 4 is 0 Å². The second-order valence-electron chi connectivity index (χ2n) is 4.60. The second kappa shape index (κ2) is 5.41. The summed E-state index contributed by atoms with van der Waals surface area (Å²) in [6, 6.07) is 6.38. The van der Waals surface area contributed by atoms with Crippen molar-refractivity contribution in [3.05, 3.63) is 30.1 Å². The SMILES string of the molecule is CC(NC1CCCCC1O)c1ccccn1. The highest BCUT2D eigenvalue weighted by Crippen LogP contribution is 2.21. The molecule has 0 aliphatic heterocycles. The fourth-order valence-corrected chi connectivity index (χ4v) is 2.34. The summed E-state index contributed by atoms with van der Waals surface area (Å²) in [5.74, 6) is 0. The van der Waals surface area contributed by atoms with E-state index in [1.54, 1.807) is 0 Å². The average Bonchev–Trinajstić information content (AvgIpc) is 2.33. The number of hydrogen-bond donors (Lipinski definition) is 2. The van der Waals surface area contributed by atoms with Gasteiger partial charge in [0.1, 0.15) is 0 Å². The summed E-state index contributed by atoms with van der Waals surface area (Å²) >= 11 is 0. The van der Waals surface area contributed by atoms with Gasteiger partial charge in [-0.25, -0.2) is 0 Å². The van der Waals surface area contributed by atoms with E-state index in [1.165, 1.54) is 6.42 Å². The number of nitrogens with zero attached hydrogens (tertiary/aromatic N) is 1. The van der Waals surface area contributed by atoms with Crippen LogP contribution in [0.25, 0.3) is 0 Å². The Hall–Kier alpha value is -0.930. The van der Waals surface area contributed by atoms with Gasteiger partial charge in [-0.3, -0.25) is 4.98 Å². The zero-order chi connectivity index (χ0) is 11.4. The predicted octanol–water partition coefficient (Wildman–Crippen LogP) is 2.04. The maximum absolute atomic E-state index is 9.88. The molecule has 0 radical (unpaired) electrons. The fraction of sp³-hybridized carbons (Fsp3) is 0.615. The molecule has 1 aliphatic carbocycles. The van der Waals surface area contributed by atoms with Gasteiger partial charge < -0.3 is 10.4 Å². The largest absolute Gasteiger partial charge is 0.392 e. The number of aliphatic hydroxyl groups is 1. The van der Waals surface area contributed by atoms with Gasteiger partial charge in [0.15, 0.2) is 0 Å². The van der Waals surface area contributed by atoms with Crippen LogP contribution in [0.15, 0.2) is 24.4 Å². The van der Waals surface area contributed by atoms with Gasteiger partial charge in [-0.1, -0.05) is 18.9 Å². The fourth-order valence-electron chi connectivity index (χ4n) is 2.34. The molecule has 0 bridgehead atoms. The normalized spacial score (nSPS) is 27.6. The first-order chi connectivity index (χ1) is 7.77. The first-order valence-corrected chi connectivity index (χ1v) is 6.12. The standard InChI is InChI=1S/C13H20N2O/c1-10(11-6-4-5-9-14-11)15-12-7-2-3-8-13(12)16/h4-6,9-10,12-13,15-16H,2-3,7-8H2,1H3. The van der Waals surface area contributed by atoms with Gasteiger partial charge in [0.25, 0.3) is 0 Å².